The lowest BCUT2D eigenvalue weighted by molar-refractivity contribution is -0.143. The van der Waals surface area contributed by atoms with Crippen molar-refractivity contribution >= 4 is 11.9 Å². The maximum Gasteiger partial charge on any atom is 0.305 e. The molecule has 0 aliphatic carbocycles. The Morgan fingerprint density at radius 3 is 2.42 bits per heavy atom. The molecular weight excluding hydrogens is 328 g/mol. The normalized spacial score (nSPS) is 12.7. The predicted molar refractivity (Wildman–Crippen MR) is 107 cm³/mol. The fourth-order valence-electron chi connectivity index (χ4n) is 2.88. The Hall–Kier alpha value is -2.08. The highest BCUT2D eigenvalue weighted by Gasteiger charge is 2.18. The number of hydrogen-bond acceptors (Lipinski definition) is 4. The first-order valence-corrected chi connectivity index (χ1v) is 9.55. The van der Waals surface area contributed by atoms with Crippen molar-refractivity contribution in [2.45, 2.75) is 39.7 Å². The molecule has 0 saturated heterocycles. The molecule has 0 amide bonds. The molecule has 6 nitrogen and oxygen atoms in total. The van der Waals surface area contributed by atoms with Gasteiger partial charge in [-0.05, 0) is 32.0 Å². The molecule has 2 N–H and O–H groups in total. The average molecular weight is 363 g/mol. The van der Waals surface area contributed by atoms with Crippen LogP contribution in [-0.2, 0) is 9.53 Å². The Bertz CT molecular complexity index is 530. The van der Waals surface area contributed by atoms with E-state index in [4.69, 9.17) is 4.74 Å². The average Bonchev–Trinajstić information content (AvgIpc) is 2.67. The molecule has 1 aromatic carbocycles. The van der Waals surface area contributed by atoms with Gasteiger partial charge < -0.3 is 15.4 Å². The number of rotatable bonds is 11. The highest BCUT2D eigenvalue weighted by atomic mass is 16.5. The van der Waals surface area contributed by atoms with E-state index in [1.807, 2.05) is 13.0 Å². The van der Waals surface area contributed by atoms with E-state index in [0.29, 0.717) is 19.6 Å². The summed E-state index contributed by atoms with van der Waals surface area (Å²) in [6, 6.07) is 10.8. The van der Waals surface area contributed by atoms with E-state index in [1.165, 1.54) is 5.56 Å². The summed E-state index contributed by atoms with van der Waals surface area (Å²) in [7, 11) is 1.76. The van der Waals surface area contributed by atoms with Crippen LogP contribution in [0.4, 0.5) is 0 Å². The van der Waals surface area contributed by atoms with E-state index in [0.717, 1.165) is 32.0 Å². The molecule has 0 aromatic heterocycles. The molecule has 0 heterocycles. The molecule has 0 aliphatic heterocycles. The number of carbonyl (C=O) groups excluding carboxylic acids is 1. The van der Waals surface area contributed by atoms with Crippen LogP contribution in [0.2, 0.25) is 0 Å². The third kappa shape index (κ3) is 7.87. The van der Waals surface area contributed by atoms with Crippen LogP contribution in [0.25, 0.3) is 0 Å². The summed E-state index contributed by atoms with van der Waals surface area (Å²) in [5.74, 6) is 0.602. The van der Waals surface area contributed by atoms with E-state index in [9.17, 15) is 4.79 Å². The Balaban J connectivity index is 2.53. The summed E-state index contributed by atoms with van der Waals surface area (Å²) in [6.45, 7) is 10.0. The second kappa shape index (κ2) is 13.2. The van der Waals surface area contributed by atoms with Crippen molar-refractivity contribution in [3.05, 3.63) is 35.9 Å². The Labute approximate surface area is 158 Å². The van der Waals surface area contributed by atoms with Gasteiger partial charge in [-0.2, -0.15) is 0 Å². The molecule has 6 heteroatoms. The van der Waals surface area contributed by atoms with Gasteiger partial charge >= 0.3 is 5.97 Å². The first-order chi connectivity index (χ1) is 12.7. The molecule has 0 bridgehead atoms. The summed E-state index contributed by atoms with van der Waals surface area (Å²) >= 11 is 0. The van der Waals surface area contributed by atoms with E-state index < -0.39 is 0 Å². The number of likely N-dealkylation sites (N-methyl/N-ethyl adjacent to an activating group) is 1. The Morgan fingerprint density at radius 2 is 1.85 bits per heavy atom. The molecule has 1 atom stereocenters. The van der Waals surface area contributed by atoms with Crippen molar-refractivity contribution in [1.82, 2.24) is 15.5 Å². The number of ether oxygens (including phenoxy) is 1. The van der Waals surface area contributed by atoms with Gasteiger partial charge in [0.05, 0.1) is 12.6 Å². The van der Waals surface area contributed by atoms with Crippen LogP contribution in [-0.4, -0.2) is 56.7 Å². The van der Waals surface area contributed by atoms with Gasteiger partial charge in [-0.1, -0.05) is 44.2 Å². The number of guanidine groups is 1. The smallest absolute Gasteiger partial charge is 0.305 e. The zero-order valence-electron chi connectivity index (χ0n) is 16.6. The summed E-state index contributed by atoms with van der Waals surface area (Å²) in [5.41, 5.74) is 1.29. The van der Waals surface area contributed by atoms with Crippen LogP contribution >= 0.6 is 0 Å². The van der Waals surface area contributed by atoms with E-state index in [-0.39, 0.29) is 12.0 Å². The van der Waals surface area contributed by atoms with Crippen molar-refractivity contribution in [2.75, 3.05) is 39.8 Å². The summed E-state index contributed by atoms with van der Waals surface area (Å²) in [6.07, 6.45) is 1.14. The molecule has 0 radical (unpaired) electrons. The number of aliphatic imine (C=N–C) groups is 1. The van der Waals surface area contributed by atoms with Crippen LogP contribution in [0.1, 0.15) is 45.2 Å². The monoisotopic (exact) mass is 362 g/mol. The first-order valence-electron chi connectivity index (χ1n) is 9.55. The second-order valence-corrected chi connectivity index (χ2v) is 5.94. The van der Waals surface area contributed by atoms with Gasteiger partial charge in [0.15, 0.2) is 5.96 Å². The van der Waals surface area contributed by atoms with Gasteiger partial charge in [-0.3, -0.25) is 14.7 Å². The van der Waals surface area contributed by atoms with Crippen LogP contribution < -0.4 is 10.6 Å². The quantitative estimate of drug-likeness (QED) is 0.274. The van der Waals surface area contributed by atoms with Gasteiger partial charge in [0.1, 0.15) is 0 Å². The van der Waals surface area contributed by atoms with Crippen molar-refractivity contribution in [3.63, 3.8) is 0 Å². The van der Waals surface area contributed by atoms with Crippen LogP contribution in [0, 0.1) is 0 Å². The fraction of sp³-hybridized carbons (Fsp3) is 0.600. The second-order valence-electron chi connectivity index (χ2n) is 5.94. The van der Waals surface area contributed by atoms with Gasteiger partial charge in [0.25, 0.3) is 0 Å². The predicted octanol–water partition coefficient (Wildman–Crippen LogP) is 2.58. The minimum absolute atomic E-state index is 0.150. The Kier molecular flexibility index (Phi) is 11.1. The summed E-state index contributed by atoms with van der Waals surface area (Å²) < 4.78 is 4.94. The molecule has 0 aliphatic rings. The SMILES string of the molecule is CCOC(=O)CCCNC(=NC)NCC(c1ccccc1)N(CC)CC. The van der Waals surface area contributed by atoms with Crippen molar-refractivity contribution in [2.24, 2.45) is 4.99 Å². The number of benzene rings is 1. The van der Waals surface area contributed by atoms with E-state index in [1.54, 1.807) is 7.05 Å². The zero-order chi connectivity index (χ0) is 19.2. The minimum atomic E-state index is -0.150. The fourth-order valence-corrected chi connectivity index (χ4v) is 2.88. The van der Waals surface area contributed by atoms with Crippen molar-refractivity contribution in [3.8, 4) is 0 Å². The molecule has 1 rings (SSSR count). The number of nitrogens with one attached hydrogen (secondary N) is 2. The maximum absolute atomic E-state index is 11.4. The van der Waals surface area contributed by atoms with Crippen LogP contribution in [0.5, 0.6) is 0 Å². The molecule has 1 unspecified atom stereocenters. The van der Waals surface area contributed by atoms with Gasteiger partial charge in [0, 0.05) is 26.6 Å². The zero-order valence-corrected chi connectivity index (χ0v) is 16.6. The van der Waals surface area contributed by atoms with Gasteiger partial charge in [-0.15, -0.1) is 0 Å². The van der Waals surface area contributed by atoms with Gasteiger partial charge in [-0.25, -0.2) is 0 Å². The lowest BCUT2D eigenvalue weighted by Gasteiger charge is -2.30. The molecule has 1 aromatic rings. The molecule has 0 fully saturated rings. The first kappa shape index (κ1) is 22.0. The van der Waals surface area contributed by atoms with E-state index >= 15 is 0 Å². The van der Waals surface area contributed by atoms with Gasteiger partial charge in [0.2, 0.25) is 0 Å². The lowest BCUT2D eigenvalue weighted by Crippen LogP contribution is -2.43. The largest absolute Gasteiger partial charge is 0.466 e. The number of hydrogen-bond donors (Lipinski definition) is 2. The maximum atomic E-state index is 11.4. The minimum Gasteiger partial charge on any atom is -0.466 e. The molecule has 146 valence electrons. The third-order valence-electron chi connectivity index (χ3n) is 4.28. The summed E-state index contributed by atoms with van der Waals surface area (Å²) in [5, 5.41) is 6.67. The molecule has 26 heavy (non-hydrogen) atoms. The Morgan fingerprint density at radius 1 is 1.15 bits per heavy atom. The molecule has 0 saturated carbocycles. The highest BCUT2D eigenvalue weighted by molar-refractivity contribution is 5.79. The van der Waals surface area contributed by atoms with E-state index in [2.05, 4.69) is 58.6 Å². The van der Waals surface area contributed by atoms with Crippen molar-refractivity contribution < 1.29 is 9.53 Å². The summed E-state index contributed by atoms with van der Waals surface area (Å²) in [4.78, 5) is 18.1. The highest BCUT2D eigenvalue weighted by Crippen LogP contribution is 2.19. The topological polar surface area (TPSA) is 66.0 Å². The lowest BCUT2D eigenvalue weighted by atomic mass is 10.1. The van der Waals surface area contributed by atoms with Crippen molar-refractivity contribution in [1.29, 1.82) is 0 Å². The number of nitrogens with zero attached hydrogens (tertiary/aromatic N) is 2. The standard InChI is InChI=1S/C20H34N4O2/c1-5-24(6-2)18(17-12-9-8-10-13-17)16-23-20(21-4)22-15-11-14-19(25)26-7-3/h8-10,12-13,18H,5-7,11,14-16H2,1-4H3,(H2,21,22,23). The van der Waals surface area contributed by atoms with Crippen LogP contribution in [0.3, 0.4) is 0 Å². The van der Waals surface area contributed by atoms with Crippen LogP contribution in [0.15, 0.2) is 35.3 Å². The number of carbonyl (C=O) groups is 1. The molecular formula is C20H34N4O2. The third-order valence-corrected chi connectivity index (χ3v) is 4.28. The number of esters is 1. The molecule has 0 spiro atoms.